The van der Waals surface area contributed by atoms with Crippen LogP contribution >= 0.6 is 27.3 Å². The fourth-order valence-corrected chi connectivity index (χ4v) is 3.57. The molecule has 0 aliphatic heterocycles. The molecular weight excluding hydrogens is 338 g/mol. The van der Waals surface area contributed by atoms with Gasteiger partial charge in [-0.05, 0) is 42.2 Å². The number of nitrogens with two attached hydrogens (primary N) is 1. The molecule has 0 unspecified atom stereocenters. The van der Waals surface area contributed by atoms with Crippen molar-refractivity contribution in [2.45, 2.75) is 20.3 Å². The second-order valence-electron chi connectivity index (χ2n) is 4.46. The zero-order valence-corrected chi connectivity index (χ0v) is 14.0. The number of methoxy groups -OCH3 is 1. The Morgan fingerprint density at radius 2 is 2.15 bits per heavy atom. The highest BCUT2D eigenvalue weighted by atomic mass is 79.9. The summed E-state index contributed by atoms with van der Waals surface area (Å²) in [6.07, 6.45) is 0.782. The second kappa shape index (κ2) is 5.97. The normalized spacial score (nSPS) is 10.6. The van der Waals surface area contributed by atoms with Crippen LogP contribution in [0.15, 0.2) is 22.7 Å². The Morgan fingerprint density at radius 1 is 1.45 bits per heavy atom. The lowest BCUT2D eigenvalue weighted by Gasteiger charge is -2.05. The van der Waals surface area contributed by atoms with E-state index in [9.17, 15) is 4.79 Å². The van der Waals surface area contributed by atoms with Gasteiger partial charge < -0.3 is 10.5 Å². The molecule has 0 amide bonds. The topological polar surface area (TPSA) is 52.3 Å². The van der Waals surface area contributed by atoms with Crippen LogP contribution in [0.4, 0.5) is 5.69 Å². The van der Waals surface area contributed by atoms with Crippen LogP contribution in [0.3, 0.4) is 0 Å². The third kappa shape index (κ3) is 2.60. The van der Waals surface area contributed by atoms with Crippen molar-refractivity contribution in [1.29, 1.82) is 0 Å². The minimum absolute atomic E-state index is 0.373. The summed E-state index contributed by atoms with van der Waals surface area (Å²) in [5, 5.41) is 0. The van der Waals surface area contributed by atoms with E-state index in [4.69, 9.17) is 10.5 Å². The van der Waals surface area contributed by atoms with Gasteiger partial charge in [-0.1, -0.05) is 28.9 Å². The summed E-state index contributed by atoms with van der Waals surface area (Å²) in [7, 11) is 1.37. The number of nitrogen functional groups attached to an aromatic ring is 1. The van der Waals surface area contributed by atoms with Gasteiger partial charge in [0.1, 0.15) is 4.88 Å². The smallest absolute Gasteiger partial charge is 0.350 e. The molecule has 2 rings (SSSR count). The van der Waals surface area contributed by atoms with E-state index in [0.29, 0.717) is 10.6 Å². The number of thiophene rings is 1. The predicted molar refractivity (Wildman–Crippen MR) is 87.3 cm³/mol. The molecule has 0 atom stereocenters. The summed E-state index contributed by atoms with van der Waals surface area (Å²) < 4.78 is 5.86. The second-order valence-corrected chi connectivity index (χ2v) is 6.34. The Hall–Kier alpha value is -1.33. The van der Waals surface area contributed by atoms with Crippen LogP contribution < -0.4 is 5.73 Å². The highest BCUT2D eigenvalue weighted by molar-refractivity contribution is 9.10. The lowest BCUT2D eigenvalue weighted by molar-refractivity contribution is 0.0607. The molecule has 1 aromatic heterocycles. The number of hydrogen-bond acceptors (Lipinski definition) is 4. The van der Waals surface area contributed by atoms with Crippen molar-refractivity contribution < 1.29 is 9.53 Å². The number of benzene rings is 1. The van der Waals surface area contributed by atoms with Crippen LogP contribution in [0.2, 0.25) is 0 Å². The number of halogens is 1. The minimum Gasteiger partial charge on any atom is -0.465 e. The zero-order valence-electron chi connectivity index (χ0n) is 11.6. The van der Waals surface area contributed by atoms with Crippen LogP contribution in [0, 0.1) is 6.92 Å². The Labute approximate surface area is 130 Å². The standard InChI is InChI=1S/C15H16BrNO2S/c1-4-10-12(17)14(15(18)19-3)20-13(10)9-5-6-11(16)8(2)7-9/h5-7H,4,17H2,1-3H3. The van der Waals surface area contributed by atoms with E-state index < -0.39 is 0 Å². The van der Waals surface area contributed by atoms with Crippen molar-refractivity contribution in [1.82, 2.24) is 0 Å². The van der Waals surface area contributed by atoms with Crippen LogP contribution in [0.25, 0.3) is 10.4 Å². The average Bonchev–Trinajstić information content (AvgIpc) is 2.78. The monoisotopic (exact) mass is 353 g/mol. The van der Waals surface area contributed by atoms with Gasteiger partial charge in [0.2, 0.25) is 0 Å². The Morgan fingerprint density at radius 3 is 2.70 bits per heavy atom. The summed E-state index contributed by atoms with van der Waals surface area (Å²) in [4.78, 5) is 13.3. The number of anilines is 1. The van der Waals surface area contributed by atoms with Gasteiger partial charge in [-0.15, -0.1) is 11.3 Å². The first-order chi connectivity index (χ1) is 9.49. The molecule has 20 heavy (non-hydrogen) atoms. The maximum absolute atomic E-state index is 11.8. The van der Waals surface area contributed by atoms with Crippen molar-refractivity contribution >= 4 is 38.9 Å². The van der Waals surface area contributed by atoms with Gasteiger partial charge in [0.25, 0.3) is 0 Å². The van der Waals surface area contributed by atoms with Gasteiger partial charge in [0.15, 0.2) is 0 Å². The molecule has 1 aromatic carbocycles. The molecular formula is C15H16BrNO2S. The molecule has 2 aromatic rings. The van der Waals surface area contributed by atoms with E-state index in [2.05, 4.69) is 22.0 Å². The molecule has 5 heteroatoms. The quantitative estimate of drug-likeness (QED) is 0.831. The number of rotatable bonds is 3. The number of ether oxygens (including phenoxy) is 1. The molecule has 3 nitrogen and oxygen atoms in total. The van der Waals surface area contributed by atoms with E-state index in [-0.39, 0.29) is 5.97 Å². The van der Waals surface area contributed by atoms with Crippen LogP contribution in [-0.2, 0) is 11.2 Å². The van der Waals surface area contributed by atoms with E-state index in [1.807, 2.05) is 26.0 Å². The predicted octanol–water partition coefficient (Wildman–Crippen LogP) is 4.42. The molecule has 0 bridgehead atoms. The Kier molecular flexibility index (Phi) is 4.50. The third-order valence-electron chi connectivity index (χ3n) is 3.19. The number of aryl methyl sites for hydroxylation is 1. The fourth-order valence-electron chi connectivity index (χ4n) is 2.09. The van der Waals surface area contributed by atoms with Gasteiger partial charge in [-0.3, -0.25) is 0 Å². The summed E-state index contributed by atoms with van der Waals surface area (Å²) in [5.41, 5.74) is 9.88. The van der Waals surface area contributed by atoms with Crippen LogP contribution in [-0.4, -0.2) is 13.1 Å². The van der Waals surface area contributed by atoms with Crippen molar-refractivity contribution in [3.8, 4) is 10.4 Å². The molecule has 0 saturated heterocycles. The summed E-state index contributed by atoms with van der Waals surface area (Å²) in [6, 6.07) is 6.13. The molecule has 2 N–H and O–H groups in total. The van der Waals surface area contributed by atoms with Gasteiger partial charge in [-0.2, -0.15) is 0 Å². The van der Waals surface area contributed by atoms with Crippen molar-refractivity contribution in [3.05, 3.63) is 38.7 Å². The van der Waals surface area contributed by atoms with Crippen molar-refractivity contribution in [2.24, 2.45) is 0 Å². The molecule has 0 spiro atoms. The lowest BCUT2D eigenvalue weighted by Crippen LogP contribution is -2.02. The third-order valence-corrected chi connectivity index (χ3v) is 5.36. The lowest BCUT2D eigenvalue weighted by atomic mass is 10.0. The summed E-state index contributed by atoms with van der Waals surface area (Å²) in [5.74, 6) is -0.373. The maximum atomic E-state index is 11.8. The van der Waals surface area contributed by atoms with E-state index in [1.165, 1.54) is 18.4 Å². The summed E-state index contributed by atoms with van der Waals surface area (Å²) in [6.45, 7) is 4.08. The van der Waals surface area contributed by atoms with E-state index >= 15 is 0 Å². The maximum Gasteiger partial charge on any atom is 0.350 e. The van der Waals surface area contributed by atoms with Crippen molar-refractivity contribution in [3.63, 3.8) is 0 Å². The zero-order chi connectivity index (χ0) is 14.9. The first kappa shape index (κ1) is 15.1. The van der Waals surface area contributed by atoms with Crippen molar-refractivity contribution in [2.75, 3.05) is 12.8 Å². The van der Waals surface area contributed by atoms with Crippen LogP contribution in [0.5, 0.6) is 0 Å². The molecule has 106 valence electrons. The number of carbonyl (C=O) groups is 1. The SMILES string of the molecule is CCc1c(-c2ccc(Br)c(C)c2)sc(C(=O)OC)c1N. The van der Waals surface area contributed by atoms with E-state index in [0.717, 1.165) is 32.5 Å². The average molecular weight is 354 g/mol. The number of esters is 1. The molecule has 0 aliphatic rings. The first-order valence-corrected chi connectivity index (χ1v) is 7.86. The van der Waals surface area contributed by atoms with Gasteiger partial charge in [0, 0.05) is 9.35 Å². The number of hydrogen-bond donors (Lipinski definition) is 1. The molecule has 0 aliphatic carbocycles. The Bertz CT molecular complexity index is 664. The van der Waals surface area contributed by atoms with Gasteiger partial charge in [0.05, 0.1) is 12.8 Å². The van der Waals surface area contributed by atoms with Gasteiger partial charge in [-0.25, -0.2) is 4.79 Å². The minimum atomic E-state index is -0.373. The fraction of sp³-hybridized carbons (Fsp3) is 0.267. The molecule has 0 radical (unpaired) electrons. The highest BCUT2D eigenvalue weighted by Gasteiger charge is 2.21. The molecule has 1 heterocycles. The van der Waals surface area contributed by atoms with Crippen LogP contribution in [0.1, 0.15) is 27.7 Å². The largest absolute Gasteiger partial charge is 0.465 e. The highest BCUT2D eigenvalue weighted by Crippen LogP contribution is 2.40. The van der Waals surface area contributed by atoms with Gasteiger partial charge >= 0.3 is 5.97 Å². The van der Waals surface area contributed by atoms with E-state index in [1.54, 1.807) is 0 Å². The Balaban J connectivity index is 2.61. The number of carbonyl (C=O) groups excluding carboxylic acids is 1. The summed E-state index contributed by atoms with van der Waals surface area (Å²) >= 11 is 4.89. The molecule has 0 saturated carbocycles. The first-order valence-electron chi connectivity index (χ1n) is 6.25. The molecule has 0 fully saturated rings.